The van der Waals surface area contributed by atoms with Crippen LogP contribution in [0.15, 0.2) is 29.1 Å². The van der Waals surface area contributed by atoms with Gasteiger partial charge in [0, 0.05) is 24.7 Å². The highest BCUT2D eigenvalue weighted by molar-refractivity contribution is 6.30. The molecule has 1 heterocycles. The fourth-order valence-corrected chi connectivity index (χ4v) is 2.07. The largest absolute Gasteiger partial charge is 0.436 e. The molecule has 0 saturated carbocycles. The van der Waals surface area contributed by atoms with Crippen molar-refractivity contribution in [2.24, 2.45) is 0 Å². The first-order valence-corrected chi connectivity index (χ1v) is 7.80. The summed E-state index contributed by atoms with van der Waals surface area (Å²) < 4.78 is 6.18. The Labute approximate surface area is 143 Å². The first kappa shape index (κ1) is 18.0. The fourth-order valence-electron chi connectivity index (χ4n) is 1.89. The van der Waals surface area contributed by atoms with Gasteiger partial charge in [-0.05, 0) is 47.3 Å². The molecule has 0 fully saturated rings. The number of rotatable bonds is 7. The molecular weight excluding hydrogens is 338 g/mol. The molecule has 0 unspecified atom stereocenters. The molecule has 0 atom stereocenters. The molecule has 0 aliphatic carbocycles. The third kappa shape index (κ3) is 4.33. The zero-order valence-corrected chi connectivity index (χ0v) is 14.1. The van der Waals surface area contributed by atoms with Crippen LogP contribution in [-0.4, -0.2) is 57.3 Å². The van der Waals surface area contributed by atoms with Gasteiger partial charge in [-0.2, -0.15) is 4.68 Å². The number of halogens is 1. The molecule has 130 valence electrons. The van der Waals surface area contributed by atoms with Crippen molar-refractivity contribution in [3.05, 3.63) is 39.8 Å². The summed E-state index contributed by atoms with van der Waals surface area (Å²) in [6, 6.07) is 6.51. The van der Waals surface area contributed by atoms with E-state index in [4.69, 9.17) is 21.2 Å². The molecular formula is C14H18ClN5O4. The van der Waals surface area contributed by atoms with Crippen LogP contribution in [0, 0.1) is 0 Å². The van der Waals surface area contributed by atoms with Crippen molar-refractivity contribution in [1.82, 2.24) is 24.9 Å². The predicted octanol–water partition coefficient (Wildman–Crippen LogP) is 0.989. The van der Waals surface area contributed by atoms with Crippen molar-refractivity contribution in [3.63, 3.8) is 0 Å². The number of carbonyl (C=O) groups excluding carboxylic acids is 1. The maximum Gasteiger partial charge on any atom is 0.436 e. The third-order valence-electron chi connectivity index (χ3n) is 3.12. The van der Waals surface area contributed by atoms with Crippen LogP contribution in [0.4, 0.5) is 4.79 Å². The normalized spacial score (nSPS) is 10.6. The van der Waals surface area contributed by atoms with Crippen molar-refractivity contribution in [3.8, 4) is 5.69 Å². The van der Waals surface area contributed by atoms with Crippen LogP contribution in [0.1, 0.15) is 13.8 Å². The summed E-state index contributed by atoms with van der Waals surface area (Å²) in [6.07, 6.45) is -0.711. The molecule has 9 nitrogen and oxygen atoms in total. The molecule has 1 aromatic heterocycles. The predicted molar refractivity (Wildman–Crippen MR) is 86.3 cm³/mol. The molecule has 10 heteroatoms. The number of hydrogen-bond acceptors (Lipinski definition) is 6. The highest BCUT2D eigenvalue weighted by Crippen LogP contribution is 2.11. The highest BCUT2D eigenvalue weighted by Gasteiger charge is 2.18. The number of nitrogens with zero attached hydrogens (tertiary/aromatic N) is 5. The Bertz CT molecular complexity index is 745. The molecule has 1 aromatic carbocycles. The van der Waals surface area contributed by atoms with Gasteiger partial charge >= 0.3 is 11.8 Å². The van der Waals surface area contributed by atoms with E-state index in [1.807, 2.05) is 6.92 Å². The number of hydrogen-bond donors (Lipinski definition) is 0. The highest BCUT2D eigenvalue weighted by atomic mass is 35.5. The first-order chi connectivity index (χ1) is 11.6. The summed E-state index contributed by atoms with van der Waals surface area (Å²) in [5.41, 5.74) is -0.301. The quantitative estimate of drug-likeness (QED) is 0.543. The van der Waals surface area contributed by atoms with E-state index in [2.05, 4.69) is 10.4 Å². The topological polar surface area (TPSA) is 91.5 Å². The Morgan fingerprint density at radius 2 is 2.12 bits per heavy atom. The molecule has 24 heavy (non-hydrogen) atoms. The molecule has 2 rings (SSSR count). The van der Waals surface area contributed by atoms with E-state index >= 15 is 0 Å². The SMILES string of the molecule is CCOCCN(CC)C(=O)On1nnn(-c2cccc(Cl)c2)c1=O. The Morgan fingerprint density at radius 1 is 1.33 bits per heavy atom. The van der Waals surface area contributed by atoms with Crippen LogP contribution < -0.4 is 10.5 Å². The average molecular weight is 356 g/mol. The van der Waals surface area contributed by atoms with Crippen LogP contribution >= 0.6 is 11.6 Å². The average Bonchev–Trinajstić information content (AvgIpc) is 2.92. The number of benzene rings is 1. The molecule has 0 aliphatic heterocycles. The Hall–Kier alpha value is -2.39. The van der Waals surface area contributed by atoms with Gasteiger partial charge in [0.15, 0.2) is 0 Å². The summed E-state index contributed by atoms with van der Waals surface area (Å²) in [5, 5.41) is 7.67. The zero-order valence-electron chi connectivity index (χ0n) is 13.4. The third-order valence-corrected chi connectivity index (χ3v) is 3.36. The number of carbonyl (C=O) groups is 1. The van der Waals surface area contributed by atoms with E-state index in [0.29, 0.717) is 41.9 Å². The van der Waals surface area contributed by atoms with Crippen molar-refractivity contribution in [2.75, 3.05) is 26.3 Å². The van der Waals surface area contributed by atoms with Crippen LogP contribution in [0.3, 0.4) is 0 Å². The van der Waals surface area contributed by atoms with Crippen molar-refractivity contribution in [2.45, 2.75) is 13.8 Å². The second-order valence-electron chi connectivity index (χ2n) is 4.66. The minimum atomic E-state index is -0.716. The number of aromatic nitrogens is 4. The summed E-state index contributed by atoms with van der Waals surface area (Å²) in [4.78, 5) is 31.2. The smallest absolute Gasteiger partial charge is 0.380 e. The molecule has 0 bridgehead atoms. The first-order valence-electron chi connectivity index (χ1n) is 7.42. The van der Waals surface area contributed by atoms with E-state index in [9.17, 15) is 9.59 Å². The van der Waals surface area contributed by atoms with E-state index in [-0.39, 0.29) is 0 Å². The zero-order chi connectivity index (χ0) is 17.5. The lowest BCUT2D eigenvalue weighted by Gasteiger charge is -2.18. The van der Waals surface area contributed by atoms with Gasteiger partial charge in [-0.3, -0.25) is 4.84 Å². The van der Waals surface area contributed by atoms with Crippen molar-refractivity contribution < 1.29 is 14.4 Å². The van der Waals surface area contributed by atoms with Crippen LogP contribution in [0.2, 0.25) is 5.02 Å². The maximum atomic E-state index is 12.2. The number of tetrazole rings is 1. The van der Waals surface area contributed by atoms with Crippen LogP contribution in [0.5, 0.6) is 0 Å². The second kappa shape index (κ2) is 8.46. The summed E-state index contributed by atoms with van der Waals surface area (Å²) in [6.45, 7) is 5.34. The van der Waals surface area contributed by atoms with E-state index in [1.54, 1.807) is 31.2 Å². The lowest BCUT2D eigenvalue weighted by molar-refractivity contribution is 0.0597. The van der Waals surface area contributed by atoms with E-state index in [0.717, 1.165) is 4.68 Å². The van der Waals surface area contributed by atoms with Crippen LogP contribution in [-0.2, 0) is 4.74 Å². The molecule has 1 amide bonds. The standard InChI is InChI=1S/C14H18ClN5O4/c1-3-18(8-9-23-4-2)14(22)24-20-13(21)19(16-17-20)12-7-5-6-11(15)10-12/h5-7,10H,3-4,8-9H2,1-2H3. The number of ether oxygens (including phenoxy) is 1. The number of likely N-dealkylation sites (N-methyl/N-ethyl adjacent to an activating group) is 1. The lowest BCUT2D eigenvalue weighted by Crippen LogP contribution is -2.42. The Balaban J connectivity index is 2.10. The summed E-state index contributed by atoms with van der Waals surface area (Å²) in [7, 11) is 0. The Kier molecular flexibility index (Phi) is 6.33. The van der Waals surface area contributed by atoms with Crippen molar-refractivity contribution in [1.29, 1.82) is 0 Å². The van der Waals surface area contributed by atoms with Gasteiger partial charge in [0.1, 0.15) is 0 Å². The maximum absolute atomic E-state index is 12.2. The Morgan fingerprint density at radius 3 is 2.79 bits per heavy atom. The minimum absolute atomic E-state index is 0.348. The number of amides is 1. The lowest BCUT2D eigenvalue weighted by atomic mass is 10.3. The molecule has 0 radical (unpaired) electrons. The summed E-state index contributed by atoms with van der Waals surface area (Å²) in [5.74, 6) is 0. The van der Waals surface area contributed by atoms with Gasteiger partial charge in [0.05, 0.1) is 12.3 Å². The molecule has 0 spiro atoms. The molecule has 0 N–H and O–H groups in total. The fraction of sp³-hybridized carbons (Fsp3) is 0.429. The second-order valence-corrected chi connectivity index (χ2v) is 5.10. The van der Waals surface area contributed by atoms with Gasteiger partial charge in [-0.25, -0.2) is 9.59 Å². The minimum Gasteiger partial charge on any atom is -0.380 e. The van der Waals surface area contributed by atoms with E-state index < -0.39 is 11.8 Å². The van der Waals surface area contributed by atoms with Gasteiger partial charge in [0.25, 0.3) is 0 Å². The van der Waals surface area contributed by atoms with Gasteiger partial charge in [-0.1, -0.05) is 17.7 Å². The van der Waals surface area contributed by atoms with Gasteiger partial charge in [0.2, 0.25) is 0 Å². The molecule has 0 aliphatic rings. The van der Waals surface area contributed by atoms with E-state index in [1.165, 1.54) is 4.90 Å². The monoisotopic (exact) mass is 355 g/mol. The van der Waals surface area contributed by atoms with Gasteiger partial charge < -0.3 is 9.64 Å². The van der Waals surface area contributed by atoms with Gasteiger partial charge in [-0.15, -0.1) is 0 Å². The molecule has 0 saturated heterocycles. The van der Waals surface area contributed by atoms with Crippen LogP contribution in [0.25, 0.3) is 5.69 Å². The molecule has 2 aromatic rings. The summed E-state index contributed by atoms with van der Waals surface area (Å²) >= 11 is 5.88. The van der Waals surface area contributed by atoms with Crippen molar-refractivity contribution >= 4 is 17.7 Å².